The quantitative estimate of drug-likeness (QED) is 0.298. The second-order valence-electron chi connectivity index (χ2n) is 2.59. The number of non-ortho nitro benzene ring substituents is 1. The molecule has 0 N–H and O–H groups in total. The Labute approximate surface area is 88.5 Å². The summed E-state index contributed by atoms with van der Waals surface area (Å²) < 4.78 is 11.5. The summed E-state index contributed by atoms with van der Waals surface area (Å²) >= 11 is 1.86. The number of nitro groups is 1. The largest absolute Gasteiger partial charge is 0.271 e. The van der Waals surface area contributed by atoms with Gasteiger partial charge in [0.15, 0.2) is 0 Å². The van der Waals surface area contributed by atoms with Crippen LogP contribution in [0.15, 0.2) is 29.2 Å². The van der Waals surface area contributed by atoms with Crippen molar-refractivity contribution in [1.82, 2.24) is 0 Å². The number of nitrogens with zero attached hydrogens (tertiary/aromatic N) is 1. The summed E-state index contributed by atoms with van der Waals surface area (Å²) in [4.78, 5) is 10.5. The fraction of sp³-hybridized carbons (Fsp3) is 0.143. The number of halogens is 1. The number of thiol groups is 1. The van der Waals surface area contributed by atoms with E-state index < -0.39 is 12.0 Å². The molecular formula is C7H8INO3S. The molecule has 1 rings (SSSR count). The topological polar surface area (TPSA) is 60.2 Å². The SMILES string of the molecule is C[SH](=O)(I)c1ccc([N+](=O)[O-])cc1. The molecule has 0 aliphatic rings. The van der Waals surface area contributed by atoms with Crippen LogP contribution in [-0.4, -0.2) is 15.4 Å². The van der Waals surface area contributed by atoms with Crippen LogP contribution < -0.4 is 0 Å². The molecule has 13 heavy (non-hydrogen) atoms. The Bertz CT molecular complexity index is 370. The van der Waals surface area contributed by atoms with Crippen LogP contribution in [0.4, 0.5) is 5.69 Å². The molecule has 0 aromatic heterocycles. The lowest BCUT2D eigenvalue weighted by Gasteiger charge is -2.08. The van der Waals surface area contributed by atoms with E-state index in [0.29, 0.717) is 4.90 Å². The zero-order valence-electron chi connectivity index (χ0n) is 6.81. The van der Waals surface area contributed by atoms with Gasteiger partial charge in [-0.25, -0.2) is 0 Å². The highest BCUT2D eigenvalue weighted by atomic mass is 127. The van der Waals surface area contributed by atoms with E-state index in [-0.39, 0.29) is 5.69 Å². The van der Waals surface area contributed by atoms with Crippen LogP contribution in [0.5, 0.6) is 0 Å². The van der Waals surface area contributed by atoms with Crippen LogP contribution in [0.3, 0.4) is 0 Å². The van der Waals surface area contributed by atoms with Gasteiger partial charge in [-0.2, -0.15) is 0 Å². The van der Waals surface area contributed by atoms with Crippen molar-refractivity contribution in [2.24, 2.45) is 0 Å². The third-order valence-electron chi connectivity index (χ3n) is 1.52. The van der Waals surface area contributed by atoms with Crippen molar-refractivity contribution in [2.45, 2.75) is 4.90 Å². The maximum Gasteiger partial charge on any atom is 0.269 e. The van der Waals surface area contributed by atoms with Crippen molar-refractivity contribution < 1.29 is 9.13 Å². The lowest BCUT2D eigenvalue weighted by atomic mass is 10.3. The van der Waals surface area contributed by atoms with Gasteiger partial charge in [-0.1, -0.05) is 0 Å². The van der Waals surface area contributed by atoms with Crippen LogP contribution in [0, 0.1) is 10.1 Å². The Kier molecular flexibility index (Phi) is 3.01. The van der Waals surface area contributed by atoms with Gasteiger partial charge in [0.2, 0.25) is 0 Å². The fourth-order valence-electron chi connectivity index (χ4n) is 0.841. The Hall–Kier alpha value is -0.500. The summed E-state index contributed by atoms with van der Waals surface area (Å²) in [5, 5.41) is 10.3. The minimum Gasteiger partial charge on any atom is -0.271 e. The third kappa shape index (κ3) is 2.73. The molecule has 6 heteroatoms. The van der Waals surface area contributed by atoms with E-state index in [1.54, 1.807) is 6.26 Å². The van der Waals surface area contributed by atoms with Crippen LogP contribution in [-0.2, 0) is 7.10 Å². The van der Waals surface area contributed by atoms with Crippen LogP contribution in [0.25, 0.3) is 0 Å². The predicted molar refractivity (Wildman–Crippen MR) is 60.8 cm³/mol. The molecular weight excluding hydrogens is 305 g/mol. The fourth-order valence-corrected chi connectivity index (χ4v) is 2.49. The molecule has 0 amide bonds. The first-order chi connectivity index (χ1) is 5.91. The first kappa shape index (κ1) is 10.6. The van der Waals surface area contributed by atoms with E-state index in [1.165, 1.54) is 24.3 Å². The maximum absolute atomic E-state index is 11.5. The van der Waals surface area contributed by atoms with Gasteiger partial charge in [-0.05, 0) is 19.2 Å². The molecule has 0 saturated carbocycles. The zero-order chi connectivity index (χ0) is 10.1. The second kappa shape index (κ2) is 3.70. The predicted octanol–water partition coefficient (Wildman–Crippen LogP) is 1.95. The summed E-state index contributed by atoms with van der Waals surface area (Å²) in [6.07, 6.45) is 1.62. The molecule has 1 aromatic rings. The number of rotatable bonds is 2. The van der Waals surface area contributed by atoms with Crippen molar-refractivity contribution in [2.75, 3.05) is 6.26 Å². The highest BCUT2D eigenvalue weighted by molar-refractivity contribution is 14.2. The molecule has 0 unspecified atom stereocenters. The van der Waals surface area contributed by atoms with Crippen molar-refractivity contribution in [1.29, 1.82) is 0 Å². The summed E-state index contributed by atoms with van der Waals surface area (Å²) in [7, 11) is -2.32. The van der Waals surface area contributed by atoms with Gasteiger partial charge >= 0.3 is 0 Å². The Balaban J connectivity index is 3.08. The zero-order valence-corrected chi connectivity index (χ0v) is 9.86. The maximum atomic E-state index is 11.5. The standard InChI is InChI=1S/C7H8INO3S/c1-13(8,12)7-4-2-6(3-5-7)9(10)11/h2-5,13H,1H3. The van der Waals surface area contributed by atoms with E-state index in [4.69, 9.17) is 0 Å². The normalized spacial score (nSPS) is 12.5. The highest BCUT2D eigenvalue weighted by Gasteiger charge is 2.09. The second-order valence-corrected chi connectivity index (χ2v) is 10.3. The van der Waals surface area contributed by atoms with Gasteiger partial charge in [0.25, 0.3) is 5.69 Å². The monoisotopic (exact) mass is 313 g/mol. The molecule has 0 aliphatic heterocycles. The highest BCUT2D eigenvalue weighted by Crippen LogP contribution is 2.25. The molecule has 0 aliphatic carbocycles. The lowest BCUT2D eigenvalue weighted by Crippen LogP contribution is -1.98. The third-order valence-corrected chi connectivity index (χ3v) is 4.41. The average Bonchev–Trinajstić information content (AvgIpc) is 2.03. The molecule has 72 valence electrons. The molecule has 4 nitrogen and oxygen atoms in total. The molecule has 0 heterocycles. The van der Waals surface area contributed by atoms with Gasteiger partial charge in [0.05, 0.1) is 4.92 Å². The Morgan fingerprint density at radius 1 is 1.38 bits per heavy atom. The lowest BCUT2D eigenvalue weighted by molar-refractivity contribution is -0.384. The van der Waals surface area contributed by atoms with Gasteiger partial charge in [0.1, 0.15) is 0 Å². The minimum absolute atomic E-state index is 0.0219. The Morgan fingerprint density at radius 2 is 1.85 bits per heavy atom. The minimum atomic E-state index is -2.32. The van der Waals surface area contributed by atoms with Crippen LogP contribution in [0.1, 0.15) is 0 Å². The molecule has 0 fully saturated rings. The average molecular weight is 313 g/mol. The van der Waals surface area contributed by atoms with Crippen molar-refractivity contribution in [3.05, 3.63) is 34.4 Å². The first-order valence-corrected chi connectivity index (χ1v) is 8.37. The van der Waals surface area contributed by atoms with Gasteiger partial charge in [-0.15, -0.1) is 0 Å². The van der Waals surface area contributed by atoms with Crippen LogP contribution >= 0.6 is 21.2 Å². The van der Waals surface area contributed by atoms with E-state index in [2.05, 4.69) is 0 Å². The first-order valence-electron chi connectivity index (χ1n) is 3.43. The number of benzene rings is 1. The summed E-state index contributed by atoms with van der Waals surface area (Å²) in [5.41, 5.74) is 0.0219. The molecule has 0 atom stereocenters. The molecule has 0 saturated heterocycles. The van der Waals surface area contributed by atoms with Crippen molar-refractivity contribution in [3.8, 4) is 0 Å². The number of nitro benzene ring substituents is 1. The van der Waals surface area contributed by atoms with Crippen molar-refractivity contribution in [3.63, 3.8) is 0 Å². The number of hydrogen-bond donors (Lipinski definition) is 1. The van der Waals surface area contributed by atoms with Crippen LogP contribution in [0.2, 0.25) is 0 Å². The van der Waals surface area contributed by atoms with E-state index in [0.717, 1.165) is 0 Å². The Morgan fingerprint density at radius 3 is 2.15 bits per heavy atom. The molecule has 0 bridgehead atoms. The molecule has 0 radical (unpaired) electrons. The van der Waals surface area contributed by atoms with E-state index >= 15 is 0 Å². The smallest absolute Gasteiger partial charge is 0.269 e. The van der Waals surface area contributed by atoms with Gasteiger partial charge < -0.3 is 0 Å². The van der Waals surface area contributed by atoms with Crippen molar-refractivity contribution >= 4 is 34.0 Å². The summed E-state index contributed by atoms with van der Waals surface area (Å²) in [6.45, 7) is 0. The van der Waals surface area contributed by atoms with E-state index in [9.17, 15) is 14.3 Å². The van der Waals surface area contributed by atoms with Gasteiger partial charge in [-0.3, -0.25) is 14.3 Å². The summed E-state index contributed by atoms with van der Waals surface area (Å²) in [5.74, 6) is 0. The summed E-state index contributed by atoms with van der Waals surface area (Å²) in [6, 6.07) is 5.80. The molecule has 0 spiro atoms. The molecule has 1 aromatic carbocycles. The number of hydrogen-bond acceptors (Lipinski definition) is 3. The van der Waals surface area contributed by atoms with Gasteiger partial charge in [0, 0.05) is 44.5 Å². The van der Waals surface area contributed by atoms with E-state index in [1.807, 2.05) is 21.2 Å².